The van der Waals surface area contributed by atoms with E-state index in [-0.39, 0.29) is 22.6 Å². The summed E-state index contributed by atoms with van der Waals surface area (Å²) in [5.74, 6) is 1.17. The molecule has 128 valence electrons. The van der Waals surface area contributed by atoms with Gasteiger partial charge in [-0.15, -0.1) is 0 Å². The third-order valence-corrected chi connectivity index (χ3v) is 5.52. The topological polar surface area (TPSA) is 55.2 Å². The number of benzene rings is 2. The summed E-state index contributed by atoms with van der Waals surface area (Å²) in [6.07, 6.45) is 5.42. The molecule has 0 amide bonds. The molecule has 2 aliphatic rings. The molecule has 0 bridgehead atoms. The second-order valence-electron chi connectivity index (χ2n) is 7.33. The van der Waals surface area contributed by atoms with Gasteiger partial charge in [0.1, 0.15) is 0 Å². The maximum absolute atomic E-state index is 11.1. The van der Waals surface area contributed by atoms with Crippen molar-refractivity contribution in [3.05, 3.63) is 81.4 Å². The predicted molar refractivity (Wildman–Crippen MR) is 100.0 cm³/mol. The van der Waals surface area contributed by atoms with Crippen LogP contribution < -0.4 is 5.32 Å². The van der Waals surface area contributed by atoms with E-state index in [1.165, 1.54) is 11.1 Å². The smallest absolute Gasteiger partial charge is 0.269 e. The summed E-state index contributed by atoms with van der Waals surface area (Å²) in [6, 6.07) is 14.3. The van der Waals surface area contributed by atoms with Gasteiger partial charge in [-0.05, 0) is 41.0 Å². The van der Waals surface area contributed by atoms with Gasteiger partial charge in [-0.2, -0.15) is 0 Å². The summed E-state index contributed by atoms with van der Waals surface area (Å²) in [5.41, 5.74) is 4.85. The van der Waals surface area contributed by atoms with E-state index >= 15 is 0 Å². The van der Waals surface area contributed by atoms with Crippen LogP contribution in [0.4, 0.5) is 11.4 Å². The van der Waals surface area contributed by atoms with Crippen molar-refractivity contribution in [2.24, 2.45) is 5.92 Å². The Labute approximate surface area is 147 Å². The Kier molecular flexibility index (Phi) is 3.83. The second kappa shape index (κ2) is 6.03. The molecule has 0 spiro atoms. The number of nitrogens with one attached hydrogen (secondary N) is 1. The van der Waals surface area contributed by atoms with Crippen LogP contribution in [-0.4, -0.2) is 4.92 Å². The van der Waals surface area contributed by atoms with Crippen LogP contribution in [0, 0.1) is 16.0 Å². The third kappa shape index (κ3) is 2.72. The van der Waals surface area contributed by atoms with Crippen molar-refractivity contribution in [3.8, 4) is 0 Å². The van der Waals surface area contributed by atoms with Crippen LogP contribution in [-0.2, 0) is 0 Å². The lowest BCUT2D eigenvalue weighted by Gasteiger charge is -2.37. The van der Waals surface area contributed by atoms with Crippen LogP contribution in [0.5, 0.6) is 0 Å². The van der Waals surface area contributed by atoms with Gasteiger partial charge in [0.2, 0.25) is 0 Å². The summed E-state index contributed by atoms with van der Waals surface area (Å²) < 4.78 is 0. The SMILES string of the molecule is CC(C)c1ccc([C@@H]2Nc3ccc([N+](=O)[O-])cc3[C@@H]3C=CC[C@@H]32)cc1. The first-order chi connectivity index (χ1) is 12.0. The van der Waals surface area contributed by atoms with E-state index < -0.39 is 0 Å². The number of hydrogen-bond acceptors (Lipinski definition) is 3. The second-order valence-corrected chi connectivity index (χ2v) is 7.33. The van der Waals surface area contributed by atoms with Crippen molar-refractivity contribution in [2.45, 2.75) is 38.1 Å². The molecule has 0 saturated heterocycles. The van der Waals surface area contributed by atoms with Crippen LogP contribution in [0.3, 0.4) is 0 Å². The zero-order valence-corrected chi connectivity index (χ0v) is 14.5. The first kappa shape index (κ1) is 15.9. The number of allylic oxidation sites excluding steroid dienone is 2. The average molecular weight is 334 g/mol. The highest BCUT2D eigenvalue weighted by Gasteiger charge is 2.38. The lowest BCUT2D eigenvalue weighted by atomic mass is 9.76. The van der Waals surface area contributed by atoms with E-state index in [1.54, 1.807) is 12.1 Å². The highest BCUT2D eigenvalue weighted by molar-refractivity contribution is 5.62. The number of nitrogens with zero attached hydrogens (tertiary/aromatic N) is 1. The van der Waals surface area contributed by atoms with Gasteiger partial charge in [0.05, 0.1) is 11.0 Å². The first-order valence-corrected chi connectivity index (χ1v) is 8.86. The van der Waals surface area contributed by atoms with Gasteiger partial charge in [0.15, 0.2) is 0 Å². The van der Waals surface area contributed by atoms with Crippen molar-refractivity contribution in [1.29, 1.82) is 0 Å². The van der Waals surface area contributed by atoms with E-state index in [0.29, 0.717) is 11.8 Å². The molecule has 0 fully saturated rings. The fourth-order valence-corrected chi connectivity index (χ4v) is 4.11. The number of fused-ring (bicyclic) bond motifs is 3. The van der Waals surface area contributed by atoms with Gasteiger partial charge in [0, 0.05) is 23.7 Å². The largest absolute Gasteiger partial charge is 0.378 e. The number of nitro benzene ring substituents is 1. The Morgan fingerprint density at radius 2 is 1.92 bits per heavy atom. The lowest BCUT2D eigenvalue weighted by Crippen LogP contribution is -2.29. The molecule has 1 heterocycles. The summed E-state index contributed by atoms with van der Waals surface area (Å²) in [4.78, 5) is 10.8. The minimum absolute atomic E-state index is 0.166. The fourth-order valence-electron chi connectivity index (χ4n) is 4.11. The molecule has 3 atom stereocenters. The molecule has 4 rings (SSSR count). The number of anilines is 1. The summed E-state index contributed by atoms with van der Waals surface area (Å²) in [6.45, 7) is 4.40. The Morgan fingerprint density at radius 3 is 2.60 bits per heavy atom. The van der Waals surface area contributed by atoms with Crippen LogP contribution in [0.2, 0.25) is 0 Å². The Hall–Kier alpha value is -2.62. The van der Waals surface area contributed by atoms with E-state index in [0.717, 1.165) is 17.7 Å². The number of rotatable bonds is 3. The maximum Gasteiger partial charge on any atom is 0.269 e. The highest BCUT2D eigenvalue weighted by atomic mass is 16.6. The molecule has 2 aromatic rings. The minimum Gasteiger partial charge on any atom is -0.378 e. The summed E-state index contributed by atoms with van der Waals surface area (Å²) in [5, 5.41) is 14.8. The summed E-state index contributed by atoms with van der Waals surface area (Å²) in [7, 11) is 0. The van der Waals surface area contributed by atoms with Crippen molar-refractivity contribution in [3.63, 3.8) is 0 Å². The number of nitro groups is 1. The van der Waals surface area contributed by atoms with Gasteiger partial charge in [-0.3, -0.25) is 10.1 Å². The molecule has 2 aromatic carbocycles. The molecule has 1 aliphatic heterocycles. The highest BCUT2D eigenvalue weighted by Crippen LogP contribution is 2.50. The molecule has 1 N–H and O–H groups in total. The lowest BCUT2D eigenvalue weighted by molar-refractivity contribution is -0.384. The van der Waals surface area contributed by atoms with Gasteiger partial charge < -0.3 is 5.32 Å². The predicted octanol–water partition coefficient (Wildman–Crippen LogP) is 5.54. The Balaban J connectivity index is 1.71. The maximum atomic E-state index is 11.1. The van der Waals surface area contributed by atoms with Crippen molar-refractivity contribution in [2.75, 3.05) is 5.32 Å². The molecule has 0 unspecified atom stereocenters. The van der Waals surface area contributed by atoms with Gasteiger partial charge >= 0.3 is 0 Å². The number of non-ortho nitro benzene ring substituents is 1. The van der Waals surface area contributed by atoms with E-state index in [1.807, 2.05) is 6.07 Å². The monoisotopic (exact) mass is 334 g/mol. The van der Waals surface area contributed by atoms with E-state index in [2.05, 4.69) is 55.6 Å². The van der Waals surface area contributed by atoms with Crippen molar-refractivity contribution >= 4 is 11.4 Å². The quantitative estimate of drug-likeness (QED) is 0.455. The average Bonchev–Trinajstić information content (AvgIpc) is 3.10. The van der Waals surface area contributed by atoms with Gasteiger partial charge in [-0.1, -0.05) is 50.3 Å². The van der Waals surface area contributed by atoms with Gasteiger partial charge in [-0.25, -0.2) is 0 Å². The van der Waals surface area contributed by atoms with Crippen LogP contribution in [0.1, 0.15) is 54.8 Å². The van der Waals surface area contributed by atoms with Crippen LogP contribution in [0.15, 0.2) is 54.6 Å². The Bertz CT molecular complexity index is 839. The molecular formula is C21H22N2O2. The molecule has 0 radical (unpaired) electrons. The standard InChI is InChI=1S/C21H22N2O2/c1-13(2)14-6-8-15(9-7-14)21-18-5-3-4-17(18)19-12-16(23(24)25)10-11-20(19)22-21/h3-4,6-13,17-18,21-22H,5H2,1-2H3/t17-,18+,21+/m1/s1. The molecule has 1 aliphatic carbocycles. The zero-order valence-electron chi connectivity index (χ0n) is 14.5. The Morgan fingerprint density at radius 1 is 1.16 bits per heavy atom. The molecule has 0 aromatic heterocycles. The summed E-state index contributed by atoms with van der Waals surface area (Å²) >= 11 is 0. The fraction of sp³-hybridized carbons (Fsp3) is 0.333. The molecule has 0 saturated carbocycles. The van der Waals surface area contributed by atoms with E-state index in [9.17, 15) is 10.1 Å². The number of hydrogen-bond donors (Lipinski definition) is 1. The zero-order chi connectivity index (χ0) is 17.6. The van der Waals surface area contributed by atoms with Crippen molar-refractivity contribution in [1.82, 2.24) is 0 Å². The third-order valence-electron chi connectivity index (χ3n) is 5.52. The van der Waals surface area contributed by atoms with Crippen molar-refractivity contribution < 1.29 is 4.92 Å². The molecular weight excluding hydrogens is 312 g/mol. The van der Waals surface area contributed by atoms with E-state index in [4.69, 9.17) is 0 Å². The molecule has 4 nitrogen and oxygen atoms in total. The van der Waals surface area contributed by atoms with Gasteiger partial charge in [0.25, 0.3) is 5.69 Å². The van der Waals surface area contributed by atoms with Crippen LogP contribution >= 0.6 is 0 Å². The minimum atomic E-state index is -0.315. The molecule has 4 heteroatoms. The normalized spacial score (nSPS) is 23.9. The first-order valence-electron chi connectivity index (χ1n) is 8.86. The molecule has 25 heavy (non-hydrogen) atoms. The van der Waals surface area contributed by atoms with Crippen LogP contribution in [0.25, 0.3) is 0 Å².